The summed E-state index contributed by atoms with van der Waals surface area (Å²) in [4.78, 5) is 4.25. The van der Waals surface area contributed by atoms with Crippen molar-refractivity contribution in [3.8, 4) is 6.07 Å². The van der Waals surface area contributed by atoms with Gasteiger partial charge in [0.25, 0.3) is 0 Å². The summed E-state index contributed by atoms with van der Waals surface area (Å²) in [5.74, 6) is 0. The van der Waals surface area contributed by atoms with Crippen LogP contribution in [-0.2, 0) is 0 Å². The molecule has 1 aliphatic carbocycles. The van der Waals surface area contributed by atoms with Gasteiger partial charge in [0.05, 0.1) is 16.8 Å². The molecule has 2 aromatic carbocycles. The Labute approximate surface area is 182 Å². The van der Waals surface area contributed by atoms with E-state index < -0.39 is 0 Å². The number of hydrogen-bond acceptors (Lipinski definition) is 5. The van der Waals surface area contributed by atoms with Crippen molar-refractivity contribution in [2.75, 3.05) is 10.5 Å². The van der Waals surface area contributed by atoms with E-state index in [0.29, 0.717) is 5.56 Å². The molecule has 0 spiro atoms. The predicted molar refractivity (Wildman–Crippen MR) is 130 cm³/mol. The minimum absolute atomic E-state index is 0.670. The summed E-state index contributed by atoms with van der Waals surface area (Å²) in [6.45, 7) is 8.01. The first-order chi connectivity index (χ1) is 14.6. The van der Waals surface area contributed by atoms with Gasteiger partial charge < -0.3 is 21.2 Å². The maximum absolute atomic E-state index is 9.17. The van der Waals surface area contributed by atoms with Crippen molar-refractivity contribution in [2.24, 2.45) is 5.73 Å². The van der Waals surface area contributed by atoms with Gasteiger partial charge in [0.2, 0.25) is 0 Å². The molecule has 0 saturated heterocycles. The number of nitrogen functional groups attached to an aromatic ring is 1. The standard InChI is InChI=1S/C16H14N4S.C6H9N.C2H4/c1-10-2-7-14(16-15(10)11(8-17)9-19-16)20-21-13-5-3-12(18)4-6-13;7-6-4-2-1-3-5-6;1-2/h2-7,9,19-20H,18H2,1H3;1-2,4H,3,5,7H2;1-2H2. The van der Waals surface area contributed by atoms with Crippen LogP contribution in [0.3, 0.4) is 0 Å². The fourth-order valence-corrected chi connectivity index (χ4v) is 3.53. The summed E-state index contributed by atoms with van der Waals surface area (Å²) in [7, 11) is 0. The van der Waals surface area contributed by atoms with E-state index in [9.17, 15) is 0 Å². The van der Waals surface area contributed by atoms with Crippen LogP contribution in [0.4, 0.5) is 11.4 Å². The first-order valence-electron chi connectivity index (χ1n) is 9.49. The zero-order chi connectivity index (χ0) is 21.9. The topological polar surface area (TPSA) is 104 Å². The van der Waals surface area contributed by atoms with Crippen molar-refractivity contribution in [2.45, 2.75) is 24.7 Å². The number of benzene rings is 2. The Bertz CT molecular complexity index is 1070. The molecule has 0 saturated carbocycles. The van der Waals surface area contributed by atoms with Crippen LogP contribution < -0.4 is 16.2 Å². The number of hydrogen-bond donors (Lipinski definition) is 4. The fraction of sp³-hybridized carbons (Fsp3) is 0.125. The molecule has 1 aliphatic rings. The molecule has 0 bridgehead atoms. The summed E-state index contributed by atoms with van der Waals surface area (Å²) < 4.78 is 3.32. The number of fused-ring (bicyclic) bond motifs is 1. The Morgan fingerprint density at radius 2 is 1.87 bits per heavy atom. The summed E-state index contributed by atoms with van der Waals surface area (Å²) in [6.07, 6.45) is 9.97. The predicted octanol–water partition coefficient (Wildman–Crippen LogP) is 6.03. The molecule has 0 amide bonds. The van der Waals surface area contributed by atoms with E-state index in [-0.39, 0.29) is 0 Å². The summed E-state index contributed by atoms with van der Waals surface area (Å²) in [5, 5.41) is 10.1. The van der Waals surface area contributed by atoms with Gasteiger partial charge >= 0.3 is 0 Å². The SMILES string of the molecule is C=C.Cc1ccc(NSc2ccc(N)cc2)c2[nH]cc(C#N)c12.NC1=CC=CCC1. The number of nitrogens with zero attached hydrogens (tertiary/aromatic N) is 1. The van der Waals surface area contributed by atoms with Gasteiger partial charge in [-0.25, -0.2) is 0 Å². The molecular weight excluding hydrogens is 390 g/mol. The molecule has 1 heterocycles. The number of rotatable bonds is 3. The lowest BCUT2D eigenvalue weighted by molar-refractivity contribution is 0.944. The van der Waals surface area contributed by atoms with E-state index >= 15 is 0 Å². The molecule has 3 aromatic rings. The maximum Gasteiger partial charge on any atom is 0.101 e. The van der Waals surface area contributed by atoms with Gasteiger partial charge in [-0.3, -0.25) is 0 Å². The molecule has 0 unspecified atom stereocenters. The molecule has 0 fully saturated rings. The van der Waals surface area contributed by atoms with Gasteiger partial charge in [-0.2, -0.15) is 5.26 Å². The second kappa shape index (κ2) is 11.4. The molecule has 0 radical (unpaired) electrons. The highest BCUT2D eigenvalue weighted by Crippen LogP contribution is 2.31. The number of nitrogens with one attached hydrogen (secondary N) is 2. The molecule has 154 valence electrons. The lowest BCUT2D eigenvalue weighted by Crippen LogP contribution is -1.97. The Morgan fingerprint density at radius 3 is 2.43 bits per heavy atom. The first-order valence-corrected chi connectivity index (χ1v) is 10.3. The monoisotopic (exact) mass is 417 g/mol. The van der Waals surface area contributed by atoms with Gasteiger partial charge in [0.1, 0.15) is 6.07 Å². The number of nitrogens with two attached hydrogens (primary N) is 2. The Morgan fingerprint density at radius 1 is 1.13 bits per heavy atom. The average molecular weight is 418 g/mol. The van der Waals surface area contributed by atoms with Gasteiger partial charge in [0.15, 0.2) is 0 Å². The largest absolute Gasteiger partial charge is 0.402 e. The highest BCUT2D eigenvalue weighted by atomic mass is 32.2. The molecule has 1 aromatic heterocycles. The van der Waals surface area contributed by atoms with Crippen molar-refractivity contribution in [1.82, 2.24) is 4.98 Å². The fourth-order valence-electron chi connectivity index (χ4n) is 2.86. The highest BCUT2D eigenvalue weighted by molar-refractivity contribution is 8.00. The van der Waals surface area contributed by atoms with Gasteiger partial charge in [-0.15, -0.1) is 13.2 Å². The van der Waals surface area contributed by atoms with E-state index in [1.165, 1.54) is 11.9 Å². The van der Waals surface area contributed by atoms with E-state index in [1.54, 1.807) is 6.20 Å². The number of anilines is 2. The molecule has 6 N–H and O–H groups in total. The number of nitriles is 1. The van der Waals surface area contributed by atoms with E-state index in [1.807, 2.05) is 55.5 Å². The molecule has 0 aliphatic heterocycles. The van der Waals surface area contributed by atoms with Crippen LogP contribution >= 0.6 is 11.9 Å². The third-order valence-corrected chi connectivity index (χ3v) is 5.20. The van der Waals surface area contributed by atoms with E-state index in [2.05, 4.69) is 35.0 Å². The van der Waals surface area contributed by atoms with Crippen LogP contribution in [0.2, 0.25) is 0 Å². The lowest BCUT2D eigenvalue weighted by Gasteiger charge is -2.08. The van der Waals surface area contributed by atoms with Crippen molar-refractivity contribution in [1.29, 1.82) is 5.26 Å². The second-order valence-electron chi connectivity index (χ2n) is 6.48. The summed E-state index contributed by atoms with van der Waals surface area (Å²) >= 11 is 1.51. The number of aromatic amines is 1. The van der Waals surface area contributed by atoms with Crippen LogP contribution in [0.1, 0.15) is 24.0 Å². The molecule has 30 heavy (non-hydrogen) atoms. The van der Waals surface area contributed by atoms with Gasteiger partial charge in [-0.1, -0.05) is 18.2 Å². The summed E-state index contributed by atoms with van der Waals surface area (Å²) in [5.41, 5.74) is 16.5. The zero-order valence-electron chi connectivity index (χ0n) is 17.1. The van der Waals surface area contributed by atoms with Crippen LogP contribution in [0.25, 0.3) is 10.9 Å². The summed E-state index contributed by atoms with van der Waals surface area (Å²) in [6, 6.07) is 13.9. The highest BCUT2D eigenvalue weighted by Gasteiger charge is 2.10. The number of H-pyrrole nitrogens is 1. The molecular formula is C24H27N5S. The quantitative estimate of drug-likeness (QED) is 0.237. The van der Waals surface area contributed by atoms with Crippen LogP contribution in [-0.4, -0.2) is 4.98 Å². The number of allylic oxidation sites excluding steroid dienone is 4. The molecule has 4 rings (SSSR count). The Kier molecular flexibility index (Phi) is 8.67. The minimum atomic E-state index is 0.670. The second-order valence-corrected chi connectivity index (χ2v) is 7.36. The van der Waals surface area contributed by atoms with Crippen LogP contribution in [0.5, 0.6) is 0 Å². The molecule has 5 nitrogen and oxygen atoms in total. The van der Waals surface area contributed by atoms with Crippen molar-refractivity contribution >= 4 is 34.2 Å². The van der Waals surface area contributed by atoms with Crippen molar-refractivity contribution in [3.05, 3.63) is 90.8 Å². The minimum Gasteiger partial charge on any atom is -0.402 e. The first kappa shape index (κ1) is 22.7. The van der Waals surface area contributed by atoms with Crippen molar-refractivity contribution < 1.29 is 0 Å². The lowest BCUT2D eigenvalue weighted by atomic mass is 10.1. The molecule has 6 heteroatoms. The number of aromatic nitrogens is 1. The number of aryl methyl sites for hydroxylation is 1. The zero-order valence-corrected chi connectivity index (χ0v) is 17.9. The van der Waals surface area contributed by atoms with Gasteiger partial charge in [-0.05, 0) is 73.7 Å². The Hall–Kier alpha value is -3.56. The van der Waals surface area contributed by atoms with Crippen LogP contribution in [0, 0.1) is 18.3 Å². The normalized spacial score (nSPS) is 11.9. The maximum atomic E-state index is 9.17. The third kappa shape index (κ3) is 5.97. The smallest absolute Gasteiger partial charge is 0.101 e. The third-order valence-electron chi connectivity index (χ3n) is 4.37. The average Bonchev–Trinajstić information content (AvgIpc) is 3.22. The van der Waals surface area contributed by atoms with Crippen LogP contribution in [0.15, 0.2) is 84.6 Å². The van der Waals surface area contributed by atoms with E-state index in [4.69, 9.17) is 16.7 Å². The Balaban J connectivity index is 0.000000299. The van der Waals surface area contributed by atoms with E-state index in [0.717, 1.165) is 51.3 Å². The van der Waals surface area contributed by atoms with Crippen molar-refractivity contribution in [3.63, 3.8) is 0 Å². The van der Waals surface area contributed by atoms with Gasteiger partial charge in [0, 0.05) is 27.9 Å². The molecule has 0 atom stereocenters.